The van der Waals surface area contributed by atoms with Crippen LogP contribution in [0.15, 0.2) is 29.4 Å². The van der Waals surface area contributed by atoms with Gasteiger partial charge in [0.1, 0.15) is 0 Å². The van der Waals surface area contributed by atoms with Crippen LogP contribution < -0.4 is 9.80 Å². The lowest BCUT2D eigenvalue weighted by Gasteiger charge is -2.35. The predicted molar refractivity (Wildman–Crippen MR) is 132 cm³/mol. The van der Waals surface area contributed by atoms with E-state index in [2.05, 4.69) is 51.7 Å². The van der Waals surface area contributed by atoms with Gasteiger partial charge in [0.15, 0.2) is 5.16 Å². The Labute approximate surface area is 200 Å². The number of anilines is 2. The normalized spacial score (nSPS) is 23.7. The van der Waals surface area contributed by atoms with Gasteiger partial charge >= 0.3 is 0 Å². The van der Waals surface area contributed by atoms with Crippen LogP contribution in [-0.4, -0.2) is 58.3 Å². The number of para-hydroxylation sites is 1. The number of hydrogen-bond donors (Lipinski definition) is 0. The molecule has 0 spiro atoms. The molecule has 1 aromatic carbocycles. The van der Waals surface area contributed by atoms with Gasteiger partial charge in [-0.15, -0.1) is 10.2 Å². The molecule has 3 aliphatic heterocycles. The smallest absolute Gasteiger partial charge is 0.237 e. The number of thioether (sulfide) groups is 1. The van der Waals surface area contributed by atoms with Crippen molar-refractivity contribution >= 4 is 29.3 Å². The first-order valence-corrected chi connectivity index (χ1v) is 13.4. The fraction of sp³-hybridized carbons (Fsp3) is 0.640. The molecule has 2 aromatic rings. The molecule has 178 valence electrons. The highest BCUT2D eigenvalue weighted by Gasteiger charge is 2.30. The summed E-state index contributed by atoms with van der Waals surface area (Å²) >= 11 is 1.51. The molecule has 4 heterocycles. The number of carbonyl (C=O) groups excluding carboxylic acids is 1. The SMILES string of the molecule is CC1CCN(c2nnc(SCC(=O)N3c4ccccc4CCC3C)n2CC2CCCO2)CC1. The number of fused-ring (bicyclic) bond motifs is 1. The molecule has 2 saturated heterocycles. The van der Waals surface area contributed by atoms with E-state index in [0.29, 0.717) is 5.75 Å². The van der Waals surface area contributed by atoms with Gasteiger partial charge in [-0.05, 0) is 63.0 Å². The van der Waals surface area contributed by atoms with Crippen molar-refractivity contribution in [2.45, 2.75) is 76.2 Å². The minimum atomic E-state index is 0.139. The van der Waals surface area contributed by atoms with Crippen molar-refractivity contribution in [3.8, 4) is 0 Å². The van der Waals surface area contributed by atoms with Crippen molar-refractivity contribution in [3.05, 3.63) is 29.8 Å². The van der Waals surface area contributed by atoms with Crippen molar-refractivity contribution in [2.75, 3.05) is 35.2 Å². The molecule has 2 unspecified atom stereocenters. The molecule has 0 saturated carbocycles. The number of aryl methyl sites for hydroxylation is 1. The van der Waals surface area contributed by atoms with Gasteiger partial charge in [-0.1, -0.05) is 36.9 Å². The third-order valence-corrected chi connectivity index (χ3v) is 8.24. The van der Waals surface area contributed by atoms with E-state index in [-0.39, 0.29) is 18.1 Å². The Balaban J connectivity index is 1.33. The van der Waals surface area contributed by atoms with Crippen LogP contribution in [0.5, 0.6) is 0 Å². The largest absolute Gasteiger partial charge is 0.376 e. The summed E-state index contributed by atoms with van der Waals surface area (Å²) in [6.07, 6.45) is 6.77. The maximum atomic E-state index is 13.4. The van der Waals surface area contributed by atoms with Crippen LogP contribution in [0, 0.1) is 5.92 Å². The molecule has 0 radical (unpaired) electrons. The van der Waals surface area contributed by atoms with E-state index in [9.17, 15) is 4.79 Å². The maximum Gasteiger partial charge on any atom is 0.237 e. The molecule has 1 amide bonds. The Morgan fingerprint density at radius 1 is 1.12 bits per heavy atom. The summed E-state index contributed by atoms with van der Waals surface area (Å²) < 4.78 is 8.14. The predicted octanol–water partition coefficient (Wildman–Crippen LogP) is 4.15. The second-order valence-electron chi connectivity index (χ2n) is 9.77. The van der Waals surface area contributed by atoms with Crippen molar-refractivity contribution < 1.29 is 9.53 Å². The number of nitrogens with zero attached hydrogens (tertiary/aromatic N) is 5. The Morgan fingerprint density at radius 2 is 1.94 bits per heavy atom. The van der Waals surface area contributed by atoms with Gasteiger partial charge < -0.3 is 14.5 Å². The van der Waals surface area contributed by atoms with Gasteiger partial charge in [0, 0.05) is 31.4 Å². The summed E-state index contributed by atoms with van der Waals surface area (Å²) in [7, 11) is 0. The third kappa shape index (κ3) is 4.92. The topological polar surface area (TPSA) is 63.5 Å². The molecule has 0 bridgehead atoms. The molecule has 8 heteroatoms. The molecule has 2 fully saturated rings. The van der Waals surface area contributed by atoms with Crippen LogP contribution in [0.4, 0.5) is 11.6 Å². The molecule has 5 rings (SSSR count). The molecule has 3 aliphatic rings. The van der Waals surface area contributed by atoms with E-state index in [0.717, 1.165) is 74.6 Å². The van der Waals surface area contributed by atoms with Crippen molar-refractivity contribution in [2.24, 2.45) is 5.92 Å². The van der Waals surface area contributed by atoms with Crippen LogP contribution in [-0.2, 0) is 22.5 Å². The van der Waals surface area contributed by atoms with Gasteiger partial charge in [-0.2, -0.15) is 0 Å². The maximum absolute atomic E-state index is 13.4. The number of aromatic nitrogens is 3. The van der Waals surface area contributed by atoms with E-state index >= 15 is 0 Å². The summed E-state index contributed by atoms with van der Waals surface area (Å²) in [6, 6.07) is 8.50. The van der Waals surface area contributed by atoms with Gasteiger partial charge in [-0.25, -0.2) is 0 Å². The first kappa shape index (κ1) is 22.7. The highest BCUT2D eigenvalue weighted by Crippen LogP contribution is 2.32. The average Bonchev–Trinajstić information content (AvgIpc) is 3.48. The number of amides is 1. The Kier molecular flexibility index (Phi) is 6.92. The zero-order valence-electron chi connectivity index (χ0n) is 19.8. The van der Waals surface area contributed by atoms with Crippen LogP contribution in [0.2, 0.25) is 0 Å². The fourth-order valence-corrected chi connectivity index (χ4v) is 6.05. The van der Waals surface area contributed by atoms with Gasteiger partial charge in [0.05, 0.1) is 18.4 Å². The highest BCUT2D eigenvalue weighted by molar-refractivity contribution is 7.99. The summed E-state index contributed by atoms with van der Waals surface area (Å²) in [5, 5.41) is 9.95. The second kappa shape index (κ2) is 10.1. The summed E-state index contributed by atoms with van der Waals surface area (Å²) in [4.78, 5) is 17.7. The van der Waals surface area contributed by atoms with Crippen molar-refractivity contribution in [1.29, 1.82) is 0 Å². The van der Waals surface area contributed by atoms with Gasteiger partial charge in [0.2, 0.25) is 11.9 Å². The highest BCUT2D eigenvalue weighted by atomic mass is 32.2. The lowest BCUT2D eigenvalue weighted by molar-refractivity contribution is -0.116. The van der Waals surface area contributed by atoms with Gasteiger partial charge in [0.25, 0.3) is 0 Å². The molecular weight excluding hydrogens is 434 g/mol. The molecule has 0 N–H and O–H groups in total. The minimum Gasteiger partial charge on any atom is -0.376 e. The van der Waals surface area contributed by atoms with Crippen molar-refractivity contribution in [1.82, 2.24) is 14.8 Å². The first-order chi connectivity index (χ1) is 16.1. The Hall–Kier alpha value is -2.06. The zero-order chi connectivity index (χ0) is 22.8. The number of rotatable bonds is 6. The van der Waals surface area contributed by atoms with E-state index in [1.165, 1.54) is 30.2 Å². The zero-order valence-corrected chi connectivity index (χ0v) is 20.6. The monoisotopic (exact) mass is 469 g/mol. The quantitative estimate of drug-likeness (QED) is 0.592. The summed E-state index contributed by atoms with van der Waals surface area (Å²) in [5.41, 5.74) is 2.32. The van der Waals surface area contributed by atoms with Gasteiger partial charge in [-0.3, -0.25) is 9.36 Å². The van der Waals surface area contributed by atoms with E-state index < -0.39 is 0 Å². The third-order valence-electron chi connectivity index (χ3n) is 7.29. The molecular formula is C25H35N5O2S. The standard InChI is InChI=1S/C25H35N5O2S/c1-18-11-13-28(14-12-18)24-26-27-25(29(24)16-21-7-5-15-32-21)33-17-23(31)30-19(2)9-10-20-6-3-4-8-22(20)30/h3-4,6,8,18-19,21H,5,7,9-17H2,1-2H3. The first-order valence-electron chi connectivity index (χ1n) is 12.4. The number of ether oxygens (including phenoxy) is 1. The fourth-order valence-electron chi connectivity index (χ4n) is 5.25. The van der Waals surface area contributed by atoms with Crippen LogP contribution in [0.25, 0.3) is 0 Å². The number of piperidine rings is 1. The van der Waals surface area contributed by atoms with E-state index in [1.54, 1.807) is 0 Å². The number of benzene rings is 1. The number of carbonyl (C=O) groups is 1. The van der Waals surface area contributed by atoms with Crippen LogP contribution >= 0.6 is 11.8 Å². The summed E-state index contributed by atoms with van der Waals surface area (Å²) in [6.45, 7) is 8.08. The molecule has 0 aliphatic carbocycles. The van der Waals surface area contributed by atoms with E-state index in [4.69, 9.17) is 4.74 Å². The Morgan fingerprint density at radius 3 is 2.73 bits per heavy atom. The Bertz CT molecular complexity index is 965. The van der Waals surface area contributed by atoms with Crippen LogP contribution in [0.1, 0.15) is 51.5 Å². The minimum absolute atomic E-state index is 0.139. The van der Waals surface area contributed by atoms with Crippen LogP contribution in [0.3, 0.4) is 0 Å². The average molecular weight is 470 g/mol. The molecule has 7 nitrogen and oxygen atoms in total. The molecule has 1 aromatic heterocycles. The summed E-state index contributed by atoms with van der Waals surface area (Å²) in [5.74, 6) is 2.19. The second-order valence-corrected chi connectivity index (χ2v) is 10.7. The molecule has 33 heavy (non-hydrogen) atoms. The lowest BCUT2D eigenvalue weighted by atomic mass is 9.97. The number of hydrogen-bond acceptors (Lipinski definition) is 6. The van der Waals surface area contributed by atoms with Crippen molar-refractivity contribution in [3.63, 3.8) is 0 Å². The lowest BCUT2D eigenvalue weighted by Crippen LogP contribution is -2.43. The molecule has 2 atom stereocenters. The van der Waals surface area contributed by atoms with E-state index in [1.807, 2.05) is 11.0 Å².